The number of hydrogen-bond acceptors (Lipinski definition) is 4. The summed E-state index contributed by atoms with van der Waals surface area (Å²) in [4.78, 5) is 11.3. The van der Waals surface area contributed by atoms with Crippen LogP contribution in [0.25, 0.3) is 0 Å². The zero-order valence-corrected chi connectivity index (χ0v) is 11.9. The standard InChI is InChI=1S/C15H18N4O2/c1-2-7-19-12(5-6-17-19)9-16-11-3-4-14-13(8-11)18-15(20)10-21-14/h3-6,8,16H,2,7,9-10H2,1H3,(H,18,20). The molecule has 3 rings (SSSR count). The predicted octanol–water partition coefficient (Wildman–Crippen LogP) is 2.24. The van der Waals surface area contributed by atoms with Crippen molar-refractivity contribution in [1.29, 1.82) is 0 Å². The third kappa shape index (κ3) is 2.99. The summed E-state index contributed by atoms with van der Waals surface area (Å²) in [5.74, 6) is 0.580. The number of rotatable bonds is 5. The first-order valence-corrected chi connectivity index (χ1v) is 7.07. The highest BCUT2D eigenvalue weighted by atomic mass is 16.5. The molecule has 1 aromatic heterocycles. The molecule has 1 aromatic carbocycles. The Morgan fingerprint density at radius 1 is 1.43 bits per heavy atom. The second-order valence-corrected chi connectivity index (χ2v) is 4.95. The fourth-order valence-corrected chi connectivity index (χ4v) is 2.31. The van der Waals surface area contributed by atoms with Gasteiger partial charge in [-0.3, -0.25) is 9.48 Å². The molecule has 0 saturated heterocycles. The molecule has 21 heavy (non-hydrogen) atoms. The van der Waals surface area contributed by atoms with Crippen molar-refractivity contribution < 1.29 is 9.53 Å². The van der Waals surface area contributed by atoms with Crippen LogP contribution in [0.3, 0.4) is 0 Å². The highest BCUT2D eigenvalue weighted by molar-refractivity contribution is 5.96. The van der Waals surface area contributed by atoms with Crippen LogP contribution in [-0.2, 0) is 17.9 Å². The summed E-state index contributed by atoms with van der Waals surface area (Å²) in [5.41, 5.74) is 2.77. The molecule has 0 radical (unpaired) electrons. The van der Waals surface area contributed by atoms with Crippen molar-refractivity contribution in [3.05, 3.63) is 36.2 Å². The summed E-state index contributed by atoms with van der Waals surface area (Å²) in [6.07, 6.45) is 2.87. The Morgan fingerprint density at radius 3 is 3.19 bits per heavy atom. The van der Waals surface area contributed by atoms with Gasteiger partial charge in [0.05, 0.1) is 17.9 Å². The number of aromatic nitrogens is 2. The van der Waals surface area contributed by atoms with E-state index in [0.29, 0.717) is 18.0 Å². The van der Waals surface area contributed by atoms with Crippen molar-refractivity contribution in [2.75, 3.05) is 17.2 Å². The van der Waals surface area contributed by atoms with Gasteiger partial charge >= 0.3 is 0 Å². The van der Waals surface area contributed by atoms with Crippen molar-refractivity contribution in [3.63, 3.8) is 0 Å². The zero-order chi connectivity index (χ0) is 14.7. The van der Waals surface area contributed by atoms with Crippen LogP contribution < -0.4 is 15.4 Å². The molecular weight excluding hydrogens is 268 g/mol. The third-order valence-electron chi connectivity index (χ3n) is 3.33. The number of nitrogens with one attached hydrogen (secondary N) is 2. The van der Waals surface area contributed by atoms with Crippen molar-refractivity contribution >= 4 is 17.3 Å². The molecule has 1 aliphatic rings. The maximum Gasteiger partial charge on any atom is 0.262 e. The molecule has 0 atom stereocenters. The first kappa shape index (κ1) is 13.5. The third-order valence-corrected chi connectivity index (χ3v) is 3.33. The largest absolute Gasteiger partial charge is 0.482 e. The van der Waals surface area contributed by atoms with Crippen molar-refractivity contribution in [2.45, 2.75) is 26.4 Å². The van der Waals surface area contributed by atoms with E-state index in [4.69, 9.17) is 4.74 Å². The Labute approximate surface area is 123 Å². The number of aryl methyl sites for hydroxylation is 1. The van der Waals surface area contributed by atoms with E-state index >= 15 is 0 Å². The lowest BCUT2D eigenvalue weighted by Crippen LogP contribution is -2.25. The van der Waals surface area contributed by atoms with E-state index in [0.717, 1.165) is 24.3 Å². The van der Waals surface area contributed by atoms with Gasteiger partial charge in [-0.25, -0.2) is 0 Å². The quantitative estimate of drug-likeness (QED) is 0.884. The molecule has 2 heterocycles. The van der Waals surface area contributed by atoms with Gasteiger partial charge in [0, 0.05) is 18.4 Å². The lowest BCUT2D eigenvalue weighted by atomic mass is 10.2. The molecule has 2 N–H and O–H groups in total. The molecule has 1 aliphatic heterocycles. The van der Waals surface area contributed by atoms with Gasteiger partial charge in [-0.2, -0.15) is 5.10 Å². The number of hydrogen-bond donors (Lipinski definition) is 2. The summed E-state index contributed by atoms with van der Waals surface area (Å²) in [6.45, 7) is 3.81. The highest BCUT2D eigenvalue weighted by Crippen LogP contribution is 2.30. The molecule has 0 fully saturated rings. The minimum atomic E-state index is -0.124. The fourth-order valence-electron chi connectivity index (χ4n) is 2.31. The normalized spacial score (nSPS) is 13.3. The summed E-state index contributed by atoms with van der Waals surface area (Å²) in [7, 11) is 0. The average Bonchev–Trinajstić information content (AvgIpc) is 2.92. The summed E-state index contributed by atoms with van der Waals surface area (Å²) in [6, 6.07) is 7.69. The molecule has 0 spiro atoms. The number of anilines is 2. The summed E-state index contributed by atoms with van der Waals surface area (Å²) >= 11 is 0. The van der Waals surface area contributed by atoms with Gasteiger partial charge in [-0.15, -0.1) is 0 Å². The second kappa shape index (κ2) is 5.87. The molecule has 0 unspecified atom stereocenters. The van der Waals surface area contributed by atoms with Crippen LogP contribution in [-0.4, -0.2) is 22.3 Å². The van der Waals surface area contributed by atoms with Crippen LogP contribution in [0.15, 0.2) is 30.5 Å². The molecule has 2 aromatic rings. The number of fused-ring (bicyclic) bond motifs is 1. The van der Waals surface area contributed by atoms with Crippen LogP contribution >= 0.6 is 0 Å². The van der Waals surface area contributed by atoms with Gasteiger partial charge in [-0.05, 0) is 30.7 Å². The maximum absolute atomic E-state index is 11.3. The summed E-state index contributed by atoms with van der Waals surface area (Å²) < 4.78 is 7.33. The zero-order valence-electron chi connectivity index (χ0n) is 11.9. The molecular formula is C15H18N4O2. The maximum atomic E-state index is 11.3. The number of ether oxygens (including phenoxy) is 1. The van der Waals surface area contributed by atoms with Gasteiger partial charge in [-0.1, -0.05) is 6.92 Å². The van der Waals surface area contributed by atoms with Gasteiger partial charge in [0.25, 0.3) is 5.91 Å². The molecule has 6 heteroatoms. The lowest BCUT2D eigenvalue weighted by molar-refractivity contribution is -0.118. The molecule has 110 valence electrons. The Balaban J connectivity index is 1.69. The number of carbonyl (C=O) groups is 1. The Hall–Kier alpha value is -2.50. The first-order valence-electron chi connectivity index (χ1n) is 7.07. The Kier molecular flexibility index (Phi) is 3.77. The first-order chi connectivity index (χ1) is 10.3. The SMILES string of the molecule is CCCn1nccc1CNc1ccc2c(c1)NC(=O)CO2. The highest BCUT2D eigenvalue weighted by Gasteiger charge is 2.15. The molecule has 0 bridgehead atoms. The molecule has 0 saturated carbocycles. The van der Waals surface area contributed by atoms with Crippen LogP contribution in [0.1, 0.15) is 19.0 Å². The van der Waals surface area contributed by atoms with Crippen LogP contribution in [0.4, 0.5) is 11.4 Å². The van der Waals surface area contributed by atoms with E-state index < -0.39 is 0 Å². The Bertz CT molecular complexity index is 651. The lowest BCUT2D eigenvalue weighted by Gasteiger charge is -2.19. The van der Waals surface area contributed by atoms with Crippen LogP contribution in [0.2, 0.25) is 0 Å². The van der Waals surface area contributed by atoms with E-state index in [9.17, 15) is 4.79 Å². The number of carbonyl (C=O) groups excluding carboxylic acids is 1. The van der Waals surface area contributed by atoms with E-state index in [1.807, 2.05) is 35.1 Å². The van der Waals surface area contributed by atoms with Gasteiger partial charge in [0.2, 0.25) is 0 Å². The Morgan fingerprint density at radius 2 is 2.33 bits per heavy atom. The monoisotopic (exact) mass is 286 g/mol. The molecule has 1 amide bonds. The van der Waals surface area contributed by atoms with Crippen LogP contribution in [0.5, 0.6) is 5.75 Å². The number of nitrogens with zero attached hydrogens (tertiary/aromatic N) is 2. The van der Waals surface area contributed by atoms with Crippen molar-refractivity contribution in [2.24, 2.45) is 0 Å². The molecule has 0 aliphatic carbocycles. The average molecular weight is 286 g/mol. The van der Waals surface area contributed by atoms with Gasteiger partial charge < -0.3 is 15.4 Å². The minimum absolute atomic E-state index is 0.0793. The van der Waals surface area contributed by atoms with Gasteiger partial charge in [0.1, 0.15) is 5.75 Å². The van der Waals surface area contributed by atoms with Crippen molar-refractivity contribution in [1.82, 2.24) is 9.78 Å². The number of benzene rings is 1. The van der Waals surface area contributed by atoms with E-state index in [2.05, 4.69) is 22.7 Å². The van der Waals surface area contributed by atoms with E-state index in [1.165, 1.54) is 0 Å². The molecule has 6 nitrogen and oxygen atoms in total. The van der Waals surface area contributed by atoms with Gasteiger partial charge in [0.15, 0.2) is 6.61 Å². The number of amides is 1. The predicted molar refractivity (Wildman–Crippen MR) is 80.4 cm³/mol. The summed E-state index contributed by atoms with van der Waals surface area (Å²) in [5, 5.41) is 10.4. The van der Waals surface area contributed by atoms with E-state index in [1.54, 1.807) is 0 Å². The topological polar surface area (TPSA) is 68.2 Å². The van der Waals surface area contributed by atoms with Crippen molar-refractivity contribution in [3.8, 4) is 5.75 Å². The fraction of sp³-hybridized carbons (Fsp3) is 0.333. The minimum Gasteiger partial charge on any atom is -0.482 e. The second-order valence-electron chi connectivity index (χ2n) is 4.95. The smallest absolute Gasteiger partial charge is 0.262 e. The van der Waals surface area contributed by atoms with E-state index in [-0.39, 0.29) is 12.5 Å². The van der Waals surface area contributed by atoms with Crippen LogP contribution in [0, 0.1) is 0 Å².